The van der Waals surface area contributed by atoms with Crippen LogP contribution in [0.5, 0.6) is 11.5 Å². The molecule has 0 fully saturated rings. The molecule has 0 aromatic heterocycles. The van der Waals surface area contributed by atoms with E-state index in [9.17, 15) is 18.0 Å². The van der Waals surface area contributed by atoms with E-state index in [1.165, 1.54) is 19.2 Å². The summed E-state index contributed by atoms with van der Waals surface area (Å²) in [6.45, 7) is -0.0210. The molecule has 3 aromatic rings. The summed E-state index contributed by atoms with van der Waals surface area (Å²) in [6.07, 6.45) is -4.47. The Balaban J connectivity index is 1.75. The number of carboxylic acid groups (broad SMARTS) is 1. The van der Waals surface area contributed by atoms with E-state index in [-0.39, 0.29) is 18.8 Å². The quantitative estimate of drug-likeness (QED) is 0.519. The maximum atomic E-state index is 12.6. The highest BCUT2D eigenvalue weighted by atomic mass is 19.4. The maximum Gasteiger partial charge on any atom is 0.416 e. The number of carbonyl (C=O) groups is 1. The van der Waals surface area contributed by atoms with E-state index >= 15 is 0 Å². The van der Waals surface area contributed by atoms with Crippen LogP contribution in [-0.2, 0) is 17.4 Å². The summed E-state index contributed by atoms with van der Waals surface area (Å²) < 4.78 is 48.6. The molecule has 3 aromatic carbocycles. The number of halogens is 3. The van der Waals surface area contributed by atoms with Gasteiger partial charge < -0.3 is 14.6 Å². The van der Waals surface area contributed by atoms with E-state index in [1.54, 1.807) is 24.3 Å². The third-order valence-electron chi connectivity index (χ3n) is 4.53. The van der Waals surface area contributed by atoms with E-state index in [0.29, 0.717) is 16.9 Å². The molecule has 3 rings (SSSR count). The van der Waals surface area contributed by atoms with E-state index < -0.39 is 17.7 Å². The molecule has 0 aliphatic heterocycles. The maximum absolute atomic E-state index is 12.6. The van der Waals surface area contributed by atoms with Crippen LogP contribution in [0.1, 0.15) is 16.7 Å². The van der Waals surface area contributed by atoms with Crippen LogP contribution < -0.4 is 9.47 Å². The molecule has 4 nitrogen and oxygen atoms in total. The summed E-state index contributed by atoms with van der Waals surface area (Å²) in [6, 6.07) is 17.1. The predicted molar refractivity (Wildman–Crippen MR) is 114 cm³/mol. The van der Waals surface area contributed by atoms with Crippen LogP contribution in [0, 0.1) is 11.8 Å². The number of benzene rings is 3. The summed E-state index contributed by atoms with van der Waals surface area (Å²) in [7, 11) is 1.52. The number of ether oxygens (including phenoxy) is 2. The number of carboxylic acids is 1. The van der Waals surface area contributed by atoms with Gasteiger partial charge in [0.2, 0.25) is 0 Å². The third-order valence-corrected chi connectivity index (χ3v) is 4.53. The Morgan fingerprint density at radius 1 is 1.00 bits per heavy atom. The summed E-state index contributed by atoms with van der Waals surface area (Å²) in [5.74, 6) is 5.71. The van der Waals surface area contributed by atoms with E-state index in [2.05, 4.69) is 11.8 Å². The van der Waals surface area contributed by atoms with Crippen molar-refractivity contribution >= 4 is 5.97 Å². The predicted octanol–water partition coefficient (Wildman–Crippen LogP) is 5.44. The number of alkyl halides is 3. The van der Waals surface area contributed by atoms with Crippen molar-refractivity contribution in [3.8, 4) is 34.5 Å². The van der Waals surface area contributed by atoms with E-state index in [1.807, 2.05) is 18.2 Å². The molecule has 0 unspecified atom stereocenters. The molecule has 32 heavy (non-hydrogen) atoms. The average Bonchev–Trinajstić information content (AvgIpc) is 2.76. The van der Waals surface area contributed by atoms with Crippen molar-refractivity contribution in [2.75, 3.05) is 13.7 Å². The molecule has 0 atom stereocenters. The van der Waals surface area contributed by atoms with Crippen LogP contribution in [0.2, 0.25) is 0 Å². The van der Waals surface area contributed by atoms with E-state index in [4.69, 9.17) is 14.6 Å². The minimum absolute atomic E-state index is 0.0210. The highest BCUT2D eigenvalue weighted by Crippen LogP contribution is 2.30. The average molecular weight is 440 g/mol. The molecule has 0 aliphatic rings. The summed E-state index contributed by atoms with van der Waals surface area (Å²) in [5, 5.41) is 9.00. The van der Waals surface area contributed by atoms with Crippen molar-refractivity contribution < 1.29 is 32.5 Å². The third kappa shape index (κ3) is 6.05. The van der Waals surface area contributed by atoms with Gasteiger partial charge in [0.15, 0.2) is 0 Å². The Kier molecular flexibility index (Phi) is 7.06. The molecular weight excluding hydrogens is 421 g/mol. The van der Waals surface area contributed by atoms with Gasteiger partial charge in [0, 0.05) is 0 Å². The van der Waals surface area contributed by atoms with Gasteiger partial charge in [-0.1, -0.05) is 42.2 Å². The second-order valence-electron chi connectivity index (χ2n) is 6.80. The lowest BCUT2D eigenvalue weighted by Crippen LogP contribution is -2.04. The largest absolute Gasteiger partial charge is 0.495 e. The fourth-order valence-corrected chi connectivity index (χ4v) is 3.01. The van der Waals surface area contributed by atoms with Gasteiger partial charge in [0.1, 0.15) is 18.1 Å². The summed E-state index contributed by atoms with van der Waals surface area (Å²) in [5.41, 5.74) is 2.22. The zero-order chi connectivity index (χ0) is 23.1. The first-order valence-corrected chi connectivity index (χ1v) is 9.54. The minimum Gasteiger partial charge on any atom is -0.495 e. The van der Waals surface area contributed by atoms with Crippen LogP contribution in [0.4, 0.5) is 13.2 Å². The molecule has 7 heteroatoms. The topological polar surface area (TPSA) is 55.8 Å². The highest BCUT2D eigenvalue weighted by molar-refractivity contribution is 5.73. The second-order valence-corrected chi connectivity index (χ2v) is 6.80. The summed E-state index contributed by atoms with van der Waals surface area (Å²) in [4.78, 5) is 11.0. The van der Waals surface area contributed by atoms with Gasteiger partial charge in [-0.05, 0) is 53.1 Å². The smallest absolute Gasteiger partial charge is 0.416 e. The fraction of sp³-hybridized carbons (Fsp3) is 0.160. The molecule has 0 radical (unpaired) electrons. The fourth-order valence-electron chi connectivity index (χ4n) is 3.01. The van der Waals surface area contributed by atoms with Crippen LogP contribution >= 0.6 is 0 Å². The first-order valence-electron chi connectivity index (χ1n) is 9.54. The second kappa shape index (κ2) is 9.92. The molecule has 0 heterocycles. The lowest BCUT2D eigenvalue weighted by molar-refractivity contribution is -0.138. The van der Waals surface area contributed by atoms with Gasteiger partial charge in [-0.15, -0.1) is 0 Å². The van der Waals surface area contributed by atoms with Gasteiger partial charge >= 0.3 is 12.1 Å². The Bertz CT molecular complexity index is 1160. The van der Waals surface area contributed by atoms with Gasteiger partial charge in [-0.2, -0.15) is 13.2 Å². The zero-order valence-electron chi connectivity index (χ0n) is 17.1. The number of methoxy groups -OCH3 is 1. The van der Waals surface area contributed by atoms with Gasteiger partial charge in [-0.25, -0.2) is 0 Å². The molecular formula is C25H19F3O4. The lowest BCUT2D eigenvalue weighted by Gasteiger charge is -2.09. The molecule has 164 valence electrons. The SMILES string of the molecule is COc1ccc(-c2cccc(CC(=O)O)c2)cc1C#CCOc1ccc(C(F)(F)F)cc1. The van der Waals surface area contributed by atoms with Crippen molar-refractivity contribution in [3.63, 3.8) is 0 Å². The Morgan fingerprint density at radius 2 is 1.72 bits per heavy atom. The van der Waals surface area contributed by atoms with Crippen LogP contribution in [0.25, 0.3) is 11.1 Å². The Labute approximate surface area is 183 Å². The minimum atomic E-state index is -4.40. The molecule has 0 aliphatic carbocycles. The van der Waals surface area contributed by atoms with Crippen molar-refractivity contribution in [1.82, 2.24) is 0 Å². The molecule has 1 N–H and O–H groups in total. The van der Waals surface area contributed by atoms with Gasteiger partial charge in [0.05, 0.1) is 24.7 Å². The van der Waals surface area contributed by atoms with Crippen LogP contribution in [0.15, 0.2) is 66.7 Å². The number of aliphatic carboxylic acids is 1. The van der Waals surface area contributed by atoms with Crippen LogP contribution in [0.3, 0.4) is 0 Å². The van der Waals surface area contributed by atoms with Crippen molar-refractivity contribution in [1.29, 1.82) is 0 Å². The first kappa shape index (κ1) is 22.8. The van der Waals surface area contributed by atoms with E-state index in [0.717, 1.165) is 23.3 Å². The number of hydrogen-bond acceptors (Lipinski definition) is 3. The zero-order valence-corrected chi connectivity index (χ0v) is 17.1. The standard InChI is InChI=1S/C25H19F3O4/c1-31-23-12-7-19(18-5-2-4-17(14-18)15-24(29)30)16-20(23)6-3-13-32-22-10-8-21(9-11-22)25(26,27)28/h2,4-5,7-12,14,16H,13,15H2,1H3,(H,29,30). The van der Waals surface area contributed by atoms with Gasteiger partial charge in [-0.3, -0.25) is 4.79 Å². The lowest BCUT2D eigenvalue weighted by atomic mass is 9.99. The highest BCUT2D eigenvalue weighted by Gasteiger charge is 2.29. The molecule has 0 saturated heterocycles. The molecule has 0 saturated carbocycles. The normalized spacial score (nSPS) is 10.8. The van der Waals surface area contributed by atoms with Crippen molar-refractivity contribution in [2.24, 2.45) is 0 Å². The Hall–Kier alpha value is -3.92. The summed E-state index contributed by atoms with van der Waals surface area (Å²) >= 11 is 0. The van der Waals surface area contributed by atoms with Crippen molar-refractivity contribution in [2.45, 2.75) is 12.6 Å². The monoisotopic (exact) mass is 440 g/mol. The number of hydrogen-bond donors (Lipinski definition) is 1. The molecule has 0 bridgehead atoms. The molecule has 0 spiro atoms. The first-order chi connectivity index (χ1) is 15.3. The molecule has 0 amide bonds. The van der Waals surface area contributed by atoms with Crippen molar-refractivity contribution in [3.05, 3.63) is 83.4 Å². The van der Waals surface area contributed by atoms with Crippen LogP contribution in [-0.4, -0.2) is 24.8 Å². The Morgan fingerprint density at radius 3 is 2.38 bits per heavy atom. The number of rotatable bonds is 6. The van der Waals surface area contributed by atoms with Gasteiger partial charge in [0.25, 0.3) is 0 Å².